The van der Waals surface area contributed by atoms with Crippen molar-refractivity contribution < 1.29 is 4.79 Å². The Morgan fingerprint density at radius 1 is 1.17 bits per heavy atom. The van der Waals surface area contributed by atoms with E-state index in [1.54, 1.807) is 43.8 Å². The molecule has 0 unspecified atom stereocenters. The van der Waals surface area contributed by atoms with E-state index >= 15 is 0 Å². The van der Waals surface area contributed by atoms with Crippen LogP contribution in [0.15, 0.2) is 54.0 Å². The first-order valence-corrected chi connectivity index (χ1v) is 7.63. The van der Waals surface area contributed by atoms with Gasteiger partial charge in [0.1, 0.15) is 15.7 Å². The molecule has 3 aromatic rings. The quantitative estimate of drug-likeness (QED) is 0.590. The van der Waals surface area contributed by atoms with Crippen LogP contribution < -0.4 is 5.73 Å². The van der Waals surface area contributed by atoms with Crippen LogP contribution in [0.4, 0.5) is 0 Å². The average Bonchev–Trinajstić information content (AvgIpc) is 2.98. The fourth-order valence-electron chi connectivity index (χ4n) is 1.95. The van der Waals surface area contributed by atoms with Crippen LogP contribution in [0.1, 0.15) is 20.9 Å². The number of rotatable bonds is 3. The van der Waals surface area contributed by atoms with E-state index in [4.69, 9.17) is 5.73 Å². The summed E-state index contributed by atoms with van der Waals surface area (Å²) in [6.07, 6.45) is 6.59. The van der Waals surface area contributed by atoms with Gasteiger partial charge >= 0.3 is 0 Å². The normalized spacial score (nSPS) is 11.4. The number of hydrogen-bond donors (Lipinski definition) is 1. The topological polar surface area (TPSA) is 94.1 Å². The first-order valence-electron chi connectivity index (χ1n) is 6.82. The van der Waals surface area contributed by atoms with Crippen LogP contribution in [0.3, 0.4) is 0 Å². The highest BCUT2D eigenvalue weighted by Crippen LogP contribution is 2.27. The molecule has 6 nitrogen and oxygen atoms in total. The molecule has 1 amide bonds. The van der Waals surface area contributed by atoms with Crippen LogP contribution in [0, 0.1) is 6.92 Å². The lowest BCUT2D eigenvalue weighted by atomic mass is 10.2. The van der Waals surface area contributed by atoms with Gasteiger partial charge in [-0.1, -0.05) is 0 Å². The molecular formula is C16H13N5OS. The Morgan fingerprint density at radius 3 is 2.57 bits per heavy atom. The molecule has 114 valence electrons. The van der Waals surface area contributed by atoms with Crippen molar-refractivity contribution in [2.24, 2.45) is 10.7 Å². The van der Waals surface area contributed by atoms with Gasteiger partial charge < -0.3 is 5.73 Å². The van der Waals surface area contributed by atoms with Crippen molar-refractivity contribution in [2.45, 2.75) is 6.92 Å². The number of aryl methyl sites for hydroxylation is 1. The molecule has 3 aromatic heterocycles. The van der Waals surface area contributed by atoms with Gasteiger partial charge in [-0.15, -0.1) is 11.3 Å². The molecule has 3 rings (SSSR count). The zero-order valence-electron chi connectivity index (χ0n) is 12.3. The zero-order chi connectivity index (χ0) is 16.2. The number of pyridine rings is 2. The van der Waals surface area contributed by atoms with Gasteiger partial charge in [-0.3, -0.25) is 14.8 Å². The molecule has 0 aliphatic carbocycles. The molecule has 3 heterocycles. The molecule has 0 saturated carbocycles. The maximum absolute atomic E-state index is 12.4. The number of carbonyl (C=O) groups is 1. The van der Waals surface area contributed by atoms with Gasteiger partial charge in [0.25, 0.3) is 5.91 Å². The van der Waals surface area contributed by atoms with Crippen molar-refractivity contribution in [1.29, 1.82) is 0 Å². The maximum Gasteiger partial charge on any atom is 0.290 e. The second-order valence-corrected chi connectivity index (χ2v) is 5.72. The van der Waals surface area contributed by atoms with Crippen LogP contribution >= 0.6 is 11.3 Å². The smallest absolute Gasteiger partial charge is 0.290 e. The molecule has 0 spiro atoms. The fourth-order valence-corrected chi connectivity index (χ4v) is 2.89. The van der Waals surface area contributed by atoms with Crippen molar-refractivity contribution in [3.05, 3.63) is 65.2 Å². The van der Waals surface area contributed by atoms with Gasteiger partial charge in [-0.05, 0) is 31.2 Å². The number of amides is 1. The number of hydrogen-bond acceptors (Lipinski definition) is 5. The van der Waals surface area contributed by atoms with Crippen LogP contribution in [-0.4, -0.2) is 26.7 Å². The highest BCUT2D eigenvalue weighted by Gasteiger charge is 2.16. The second kappa shape index (κ2) is 6.45. The number of nitrogens with two attached hydrogens (primary N) is 1. The molecule has 0 aliphatic rings. The molecule has 0 fully saturated rings. The van der Waals surface area contributed by atoms with E-state index in [0.29, 0.717) is 16.1 Å². The highest BCUT2D eigenvalue weighted by molar-refractivity contribution is 7.17. The summed E-state index contributed by atoms with van der Waals surface area (Å²) in [5.41, 5.74) is 7.96. The van der Waals surface area contributed by atoms with E-state index in [2.05, 4.69) is 19.9 Å². The molecule has 0 aromatic carbocycles. The summed E-state index contributed by atoms with van der Waals surface area (Å²) in [6, 6.07) is 7.21. The van der Waals surface area contributed by atoms with Crippen molar-refractivity contribution in [1.82, 2.24) is 15.0 Å². The lowest BCUT2D eigenvalue weighted by Crippen LogP contribution is -2.16. The lowest BCUT2D eigenvalue weighted by Gasteiger charge is -1.98. The number of thiazole rings is 1. The first kappa shape index (κ1) is 15.0. The number of amidine groups is 1. The summed E-state index contributed by atoms with van der Waals surface area (Å²) in [5.74, 6) is -0.268. The van der Waals surface area contributed by atoms with Crippen LogP contribution in [0.25, 0.3) is 10.6 Å². The number of carbonyl (C=O) groups excluding carboxylic acids is 1. The Morgan fingerprint density at radius 2 is 1.91 bits per heavy atom. The third-order valence-electron chi connectivity index (χ3n) is 3.08. The van der Waals surface area contributed by atoms with Crippen LogP contribution in [0.2, 0.25) is 0 Å². The van der Waals surface area contributed by atoms with Crippen LogP contribution in [0.5, 0.6) is 0 Å². The third-order valence-corrected chi connectivity index (χ3v) is 4.27. The van der Waals surface area contributed by atoms with Crippen molar-refractivity contribution in [3.63, 3.8) is 0 Å². The highest BCUT2D eigenvalue weighted by atomic mass is 32.1. The molecule has 2 N–H and O–H groups in total. The Hall–Kier alpha value is -2.93. The largest absolute Gasteiger partial charge is 0.383 e. The monoisotopic (exact) mass is 323 g/mol. The minimum Gasteiger partial charge on any atom is -0.383 e. The number of nitrogens with zero attached hydrogens (tertiary/aromatic N) is 4. The summed E-state index contributed by atoms with van der Waals surface area (Å²) in [5, 5.41) is 0.731. The molecule has 0 bridgehead atoms. The minimum absolute atomic E-state index is 0.138. The van der Waals surface area contributed by atoms with E-state index in [9.17, 15) is 4.79 Å². The standard InChI is InChI=1S/C16H13N5OS/c1-10-13(23-16(20-10)12-5-3-7-19-9-12)15(22)21-14(17)11-4-2-6-18-8-11/h2-9H,1H3,(H2,17,21,22). The summed E-state index contributed by atoms with van der Waals surface area (Å²) in [7, 11) is 0. The summed E-state index contributed by atoms with van der Waals surface area (Å²) >= 11 is 1.28. The van der Waals surface area contributed by atoms with Gasteiger partial charge in [0.05, 0.1) is 5.69 Å². The predicted octanol–water partition coefficient (Wildman–Crippen LogP) is 2.45. The van der Waals surface area contributed by atoms with Crippen LogP contribution in [-0.2, 0) is 0 Å². The average molecular weight is 323 g/mol. The van der Waals surface area contributed by atoms with E-state index < -0.39 is 5.91 Å². The van der Waals surface area contributed by atoms with Gasteiger partial charge in [-0.2, -0.15) is 4.99 Å². The lowest BCUT2D eigenvalue weighted by molar-refractivity contribution is 0.101. The van der Waals surface area contributed by atoms with Gasteiger partial charge in [0.2, 0.25) is 0 Å². The Labute approximate surface area is 136 Å². The molecule has 0 radical (unpaired) electrons. The van der Waals surface area contributed by atoms with E-state index in [1.807, 2.05) is 12.1 Å². The molecule has 23 heavy (non-hydrogen) atoms. The number of aliphatic imine (C=N–C) groups is 1. The number of aromatic nitrogens is 3. The Balaban J connectivity index is 1.90. The van der Waals surface area contributed by atoms with Gasteiger partial charge in [0, 0.05) is 35.9 Å². The molecular weight excluding hydrogens is 310 g/mol. The molecule has 7 heteroatoms. The summed E-state index contributed by atoms with van der Waals surface area (Å²) in [4.78, 5) is 29.2. The third kappa shape index (κ3) is 3.29. The molecule has 0 aliphatic heterocycles. The van der Waals surface area contributed by atoms with E-state index in [0.717, 1.165) is 10.6 Å². The zero-order valence-corrected chi connectivity index (χ0v) is 13.1. The Kier molecular flexibility index (Phi) is 4.20. The predicted molar refractivity (Wildman–Crippen MR) is 89.4 cm³/mol. The molecule has 0 saturated heterocycles. The van der Waals surface area contributed by atoms with Gasteiger partial charge in [-0.25, -0.2) is 4.98 Å². The maximum atomic E-state index is 12.4. The fraction of sp³-hybridized carbons (Fsp3) is 0.0625. The van der Waals surface area contributed by atoms with Gasteiger partial charge in [0.15, 0.2) is 0 Å². The minimum atomic E-state index is -0.406. The SMILES string of the molecule is Cc1nc(-c2cccnc2)sc1C(=O)N=C(N)c1cccnc1. The Bertz CT molecular complexity index is 859. The van der Waals surface area contributed by atoms with E-state index in [-0.39, 0.29) is 5.84 Å². The molecule has 0 atom stereocenters. The first-order chi connectivity index (χ1) is 11.1. The van der Waals surface area contributed by atoms with Crippen molar-refractivity contribution >= 4 is 23.1 Å². The van der Waals surface area contributed by atoms with Crippen molar-refractivity contribution in [3.8, 4) is 10.6 Å². The van der Waals surface area contributed by atoms with Crippen molar-refractivity contribution in [2.75, 3.05) is 0 Å². The summed E-state index contributed by atoms with van der Waals surface area (Å²) in [6.45, 7) is 1.78. The second-order valence-electron chi connectivity index (χ2n) is 4.72. The summed E-state index contributed by atoms with van der Waals surface area (Å²) < 4.78 is 0. The van der Waals surface area contributed by atoms with E-state index in [1.165, 1.54) is 11.3 Å².